The first kappa shape index (κ1) is 16.7. The van der Waals surface area contributed by atoms with Crippen molar-refractivity contribution in [3.63, 3.8) is 0 Å². The van der Waals surface area contributed by atoms with E-state index < -0.39 is 0 Å². The van der Waals surface area contributed by atoms with E-state index in [4.69, 9.17) is 4.74 Å². The number of ether oxygens (including phenoxy) is 1. The number of carbonyl (C=O) groups excluding carboxylic acids is 1. The standard InChI is InChI=1S/C16H26N2O2/c1-12-5-6-15(13(2)9-12)10-14(3)18-16(19)11-17-7-8-20-4/h5-6,9,14,17H,7-8,10-11H2,1-4H3,(H,18,19). The van der Waals surface area contributed by atoms with Crippen LogP contribution < -0.4 is 10.6 Å². The van der Waals surface area contributed by atoms with Crippen molar-refractivity contribution >= 4 is 5.91 Å². The van der Waals surface area contributed by atoms with E-state index in [0.717, 1.165) is 6.42 Å². The highest BCUT2D eigenvalue weighted by atomic mass is 16.5. The van der Waals surface area contributed by atoms with Crippen LogP contribution in [0.25, 0.3) is 0 Å². The average molecular weight is 278 g/mol. The molecule has 1 rings (SSSR count). The Morgan fingerprint density at radius 2 is 2.10 bits per heavy atom. The van der Waals surface area contributed by atoms with E-state index in [1.54, 1.807) is 7.11 Å². The van der Waals surface area contributed by atoms with Crippen LogP contribution in [0, 0.1) is 13.8 Å². The molecule has 4 heteroatoms. The highest BCUT2D eigenvalue weighted by Crippen LogP contribution is 2.12. The first-order valence-electron chi connectivity index (χ1n) is 7.08. The zero-order chi connectivity index (χ0) is 15.0. The molecule has 0 aliphatic carbocycles. The van der Waals surface area contributed by atoms with Crippen LogP contribution >= 0.6 is 0 Å². The van der Waals surface area contributed by atoms with Crippen molar-refractivity contribution in [3.8, 4) is 0 Å². The Labute approximate surface area is 121 Å². The lowest BCUT2D eigenvalue weighted by molar-refractivity contribution is -0.120. The number of benzene rings is 1. The van der Waals surface area contributed by atoms with Gasteiger partial charge in [-0.05, 0) is 38.3 Å². The Kier molecular flexibility index (Phi) is 7.26. The summed E-state index contributed by atoms with van der Waals surface area (Å²) in [5, 5.41) is 6.04. The summed E-state index contributed by atoms with van der Waals surface area (Å²) in [4.78, 5) is 11.7. The third-order valence-corrected chi connectivity index (χ3v) is 3.20. The van der Waals surface area contributed by atoms with Gasteiger partial charge < -0.3 is 15.4 Å². The molecule has 112 valence electrons. The van der Waals surface area contributed by atoms with E-state index in [9.17, 15) is 4.79 Å². The van der Waals surface area contributed by atoms with Crippen molar-refractivity contribution in [3.05, 3.63) is 34.9 Å². The summed E-state index contributed by atoms with van der Waals surface area (Å²) < 4.78 is 4.91. The molecule has 1 aromatic rings. The fourth-order valence-corrected chi connectivity index (χ4v) is 2.16. The number of aryl methyl sites for hydroxylation is 2. The first-order chi connectivity index (χ1) is 9.52. The minimum absolute atomic E-state index is 0.0263. The topological polar surface area (TPSA) is 50.4 Å². The fourth-order valence-electron chi connectivity index (χ4n) is 2.16. The molecular weight excluding hydrogens is 252 g/mol. The Bertz CT molecular complexity index is 432. The van der Waals surface area contributed by atoms with Gasteiger partial charge in [0.2, 0.25) is 5.91 Å². The molecule has 2 N–H and O–H groups in total. The average Bonchev–Trinajstić information content (AvgIpc) is 2.38. The van der Waals surface area contributed by atoms with Crippen LogP contribution in [-0.2, 0) is 16.0 Å². The summed E-state index contributed by atoms with van der Waals surface area (Å²) in [6.07, 6.45) is 0.857. The lowest BCUT2D eigenvalue weighted by Crippen LogP contribution is -2.40. The second kappa shape index (κ2) is 8.72. The molecule has 0 radical (unpaired) electrons. The second-order valence-electron chi connectivity index (χ2n) is 5.27. The number of carbonyl (C=O) groups is 1. The molecule has 0 bridgehead atoms. The van der Waals surface area contributed by atoms with Gasteiger partial charge in [-0.25, -0.2) is 0 Å². The zero-order valence-corrected chi connectivity index (χ0v) is 13.0. The molecule has 20 heavy (non-hydrogen) atoms. The van der Waals surface area contributed by atoms with Gasteiger partial charge in [0.25, 0.3) is 0 Å². The Hall–Kier alpha value is -1.39. The summed E-state index contributed by atoms with van der Waals surface area (Å²) in [5.74, 6) is 0.0263. The highest BCUT2D eigenvalue weighted by Gasteiger charge is 2.09. The molecule has 1 atom stereocenters. The van der Waals surface area contributed by atoms with Crippen LogP contribution in [0.2, 0.25) is 0 Å². The van der Waals surface area contributed by atoms with Crippen LogP contribution in [0.3, 0.4) is 0 Å². The molecule has 0 fully saturated rings. The molecule has 0 aliphatic rings. The number of hydrogen-bond donors (Lipinski definition) is 2. The van der Waals surface area contributed by atoms with Crippen LogP contribution in [0.4, 0.5) is 0 Å². The molecule has 1 aromatic carbocycles. The van der Waals surface area contributed by atoms with E-state index in [1.807, 2.05) is 6.92 Å². The lowest BCUT2D eigenvalue weighted by atomic mass is 10.00. The number of amides is 1. The van der Waals surface area contributed by atoms with Gasteiger partial charge in [-0.1, -0.05) is 23.8 Å². The smallest absolute Gasteiger partial charge is 0.234 e. The molecule has 1 unspecified atom stereocenters. The van der Waals surface area contributed by atoms with Crippen LogP contribution in [0.5, 0.6) is 0 Å². The van der Waals surface area contributed by atoms with Crippen LogP contribution in [-0.4, -0.2) is 38.8 Å². The maximum atomic E-state index is 11.7. The third kappa shape index (κ3) is 6.17. The lowest BCUT2D eigenvalue weighted by Gasteiger charge is -2.16. The van der Waals surface area contributed by atoms with E-state index >= 15 is 0 Å². The van der Waals surface area contributed by atoms with Gasteiger partial charge in [-0.2, -0.15) is 0 Å². The quantitative estimate of drug-likeness (QED) is 0.710. The van der Waals surface area contributed by atoms with Gasteiger partial charge in [-0.3, -0.25) is 4.79 Å². The fraction of sp³-hybridized carbons (Fsp3) is 0.562. The molecule has 0 aliphatic heterocycles. The molecular formula is C16H26N2O2. The Morgan fingerprint density at radius 1 is 1.35 bits per heavy atom. The third-order valence-electron chi connectivity index (χ3n) is 3.20. The monoisotopic (exact) mass is 278 g/mol. The van der Waals surface area contributed by atoms with Gasteiger partial charge >= 0.3 is 0 Å². The zero-order valence-electron chi connectivity index (χ0n) is 13.0. The van der Waals surface area contributed by atoms with Crippen LogP contribution in [0.15, 0.2) is 18.2 Å². The van der Waals surface area contributed by atoms with Crippen LogP contribution in [0.1, 0.15) is 23.6 Å². The van der Waals surface area contributed by atoms with Gasteiger partial charge in [0.15, 0.2) is 0 Å². The Balaban J connectivity index is 2.35. The number of rotatable bonds is 8. The number of hydrogen-bond acceptors (Lipinski definition) is 3. The van der Waals surface area contributed by atoms with Crippen molar-refractivity contribution in [1.29, 1.82) is 0 Å². The summed E-state index contributed by atoms with van der Waals surface area (Å²) in [5.41, 5.74) is 3.84. The summed E-state index contributed by atoms with van der Waals surface area (Å²) in [6.45, 7) is 7.88. The van der Waals surface area contributed by atoms with Crippen molar-refractivity contribution in [2.24, 2.45) is 0 Å². The summed E-state index contributed by atoms with van der Waals surface area (Å²) in [7, 11) is 1.65. The first-order valence-corrected chi connectivity index (χ1v) is 7.08. The molecule has 0 heterocycles. The minimum Gasteiger partial charge on any atom is -0.383 e. The molecule has 0 aromatic heterocycles. The number of nitrogens with one attached hydrogen (secondary N) is 2. The Morgan fingerprint density at radius 3 is 2.75 bits per heavy atom. The summed E-state index contributed by atoms with van der Waals surface area (Å²) >= 11 is 0. The predicted molar refractivity (Wildman–Crippen MR) is 82.0 cm³/mol. The van der Waals surface area contributed by atoms with Gasteiger partial charge in [0, 0.05) is 19.7 Å². The highest BCUT2D eigenvalue weighted by molar-refractivity contribution is 5.78. The normalized spacial score (nSPS) is 12.2. The maximum Gasteiger partial charge on any atom is 0.234 e. The summed E-state index contributed by atoms with van der Waals surface area (Å²) in [6, 6.07) is 6.57. The van der Waals surface area contributed by atoms with Gasteiger partial charge in [-0.15, -0.1) is 0 Å². The minimum atomic E-state index is 0.0263. The largest absolute Gasteiger partial charge is 0.383 e. The van der Waals surface area contributed by atoms with E-state index in [1.165, 1.54) is 16.7 Å². The van der Waals surface area contributed by atoms with Crippen molar-refractivity contribution < 1.29 is 9.53 Å². The maximum absolute atomic E-state index is 11.7. The van der Waals surface area contributed by atoms with E-state index in [-0.39, 0.29) is 11.9 Å². The predicted octanol–water partition coefficient (Wildman–Crippen LogP) is 1.59. The van der Waals surface area contributed by atoms with E-state index in [2.05, 4.69) is 42.7 Å². The van der Waals surface area contributed by atoms with Crippen molar-refractivity contribution in [1.82, 2.24) is 10.6 Å². The van der Waals surface area contributed by atoms with E-state index in [0.29, 0.717) is 19.7 Å². The van der Waals surface area contributed by atoms with Crippen molar-refractivity contribution in [2.45, 2.75) is 33.2 Å². The number of methoxy groups -OCH3 is 1. The second-order valence-corrected chi connectivity index (χ2v) is 5.27. The molecule has 0 spiro atoms. The van der Waals surface area contributed by atoms with Gasteiger partial charge in [0.05, 0.1) is 13.2 Å². The van der Waals surface area contributed by atoms with Gasteiger partial charge in [0.1, 0.15) is 0 Å². The molecule has 1 amide bonds. The molecule has 0 saturated heterocycles. The van der Waals surface area contributed by atoms with Crippen molar-refractivity contribution in [2.75, 3.05) is 26.8 Å². The molecule has 4 nitrogen and oxygen atoms in total. The molecule has 0 saturated carbocycles. The SMILES string of the molecule is COCCNCC(=O)NC(C)Cc1ccc(C)cc1C.